The van der Waals surface area contributed by atoms with Gasteiger partial charge in [0.15, 0.2) is 0 Å². The number of nitriles is 1. The Balaban J connectivity index is 1.76. The van der Waals surface area contributed by atoms with Gasteiger partial charge in [0.25, 0.3) is 0 Å². The molecule has 5 heteroatoms. The second-order valence-corrected chi connectivity index (χ2v) is 6.94. The highest BCUT2D eigenvalue weighted by Gasteiger charge is 2.45. The molecule has 3 unspecified atom stereocenters. The highest BCUT2D eigenvalue weighted by Crippen LogP contribution is 2.40. The summed E-state index contributed by atoms with van der Waals surface area (Å²) in [7, 11) is 0. The molecule has 0 aliphatic heterocycles. The molecule has 2 fully saturated rings. The summed E-state index contributed by atoms with van der Waals surface area (Å²) in [5, 5.41) is 31.2. The Morgan fingerprint density at radius 3 is 2.84 bits per heavy atom. The number of hydrogen-bond acceptors (Lipinski definition) is 5. The van der Waals surface area contributed by atoms with Gasteiger partial charge in [0, 0.05) is 11.8 Å². The van der Waals surface area contributed by atoms with Crippen molar-refractivity contribution in [2.45, 2.75) is 56.2 Å². The van der Waals surface area contributed by atoms with E-state index in [1.807, 2.05) is 0 Å². The van der Waals surface area contributed by atoms with Crippen molar-refractivity contribution in [3.63, 3.8) is 0 Å². The number of nitrogens with one attached hydrogen (secondary N) is 1. The van der Waals surface area contributed by atoms with Gasteiger partial charge in [-0.2, -0.15) is 17.0 Å². The second-order valence-electron chi connectivity index (χ2n) is 5.79. The molecule has 0 aromatic rings. The van der Waals surface area contributed by atoms with Crippen LogP contribution in [0.5, 0.6) is 0 Å². The molecule has 4 nitrogen and oxygen atoms in total. The van der Waals surface area contributed by atoms with Crippen LogP contribution < -0.4 is 5.32 Å². The largest absolute Gasteiger partial charge is 0.394 e. The van der Waals surface area contributed by atoms with Crippen LogP contribution in [-0.4, -0.2) is 46.0 Å². The SMILES string of the molecule is N#CC1(NC2CC2)CCCC1CCSCC(O)CO. The van der Waals surface area contributed by atoms with Crippen LogP contribution in [0.4, 0.5) is 0 Å². The monoisotopic (exact) mass is 284 g/mol. The van der Waals surface area contributed by atoms with Crippen molar-refractivity contribution in [2.24, 2.45) is 5.92 Å². The Morgan fingerprint density at radius 2 is 2.21 bits per heavy atom. The summed E-state index contributed by atoms with van der Waals surface area (Å²) in [5.41, 5.74) is -0.294. The fraction of sp³-hybridized carbons (Fsp3) is 0.929. The van der Waals surface area contributed by atoms with Gasteiger partial charge in [0.2, 0.25) is 0 Å². The van der Waals surface area contributed by atoms with Crippen molar-refractivity contribution >= 4 is 11.8 Å². The van der Waals surface area contributed by atoms with Gasteiger partial charge >= 0.3 is 0 Å². The molecule has 2 saturated carbocycles. The van der Waals surface area contributed by atoms with Gasteiger partial charge in [-0.05, 0) is 43.8 Å². The van der Waals surface area contributed by atoms with Gasteiger partial charge < -0.3 is 10.2 Å². The molecule has 2 aliphatic rings. The molecular formula is C14H24N2O2S. The van der Waals surface area contributed by atoms with Crippen molar-refractivity contribution < 1.29 is 10.2 Å². The molecule has 2 aliphatic carbocycles. The molecule has 0 bridgehead atoms. The van der Waals surface area contributed by atoms with Gasteiger partial charge in [-0.3, -0.25) is 5.32 Å². The maximum atomic E-state index is 9.55. The third-order valence-corrected chi connectivity index (χ3v) is 5.34. The van der Waals surface area contributed by atoms with Crippen molar-refractivity contribution in [3.8, 4) is 6.07 Å². The van der Waals surface area contributed by atoms with Gasteiger partial charge in [0.05, 0.1) is 18.8 Å². The van der Waals surface area contributed by atoms with Crippen molar-refractivity contribution in [3.05, 3.63) is 0 Å². The quantitative estimate of drug-likeness (QED) is 0.585. The zero-order valence-corrected chi connectivity index (χ0v) is 12.2. The number of aliphatic hydroxyl groups excluding tert-OH is 2. The summed E-state index contributed by atoms with van der Waals surface area (Å²) in [6.07, 6.45) is 6.10. The molecule has 108 valence electrons. The highest BCUT2D eigenvalue weighted by molar-refractivity contribution is 7.99. The van der Waals surface area contributed by atoms with Crippen molar-refractivity contribution in [1.82, 2.24) is 5.32 Å². The molecule has 0 radical (unpaired) electrons. The van der Waals surface area contributed by atoms with E-state index in [1.54, 1.807) is 11.8 Å². The van der Waals surface area contributed by atoms with Crippen LogP contribution in [0.2, 0.25) is 0 Å². The van der Waals surface area contributed by atoms with Crippen LogP contribution in [0.25, 0.3) is 0 Å². The topological polar surface area (TPSA) is 76.3 Å². The first-order chi connectivity index (χ1) is 9.20. The van der Waals surface area contributed by atoms with Crippen LogP contribution in [0, 0.1) is 17.2 Å². The molecule has 3 atom stereocenters. The van der Waals surface area contributed by atoms with E-state index < -0.39 is 6.10 Å². The first-order valence-corrected chi connectivity index (χ1v) is 8.41. The fourth-order valence-electron chi connectivity index (χ4n) is 2.93. The lowest BCUT2D eigenvalue weighted by Gasteiger charge is -2.30. The molecule has 0 aromatic heterocycles. The van der Waals surface area contributed by atoms with Crippen LogP contribution in [0.3, 0.4) is 0 Å². The number of nitrogens with zero attached hydrogens (tertiary/aromatic N) is 1. The highest BCUT2D eigenvalue weighted by atomic mass is 32.2. The number of rotatable bonds is 8. The summed E-state index contributed by atoms with van der Waals surface area (Å²) < 4.78 is 0. The van der Waals surface area contributed by atoms with Gasteiger partial charge in [-0.1, -0.05) is 6.42 Å². The number of aliphatic hydroxyl groups is 2. The minimum Gasteiger partial charge on any atom is -0.394 e. The summed E-state index contributed by atoms with van der Waals surface area (Å²) >= 11 is 1.67. The first-order valence-electron chi connectivity index (χ1n) is 7.26. The molecular weight excluding hydrogens is 260 g/mol. The fourth-order valence-corrected chi connectivity index (χ4v) is 3.92. The Labute approximate surface area is 119 Å². The summed E-state index contributed by atoms with van der Waals surface area (Å²) in [4.78, 5) is 0. The Kier molecular flexibility index (Phi) is 5.52. The predicted octanol–water partition coefficient (Wildman–Crippen LogP) is 1.28. The maximum absolute atomic E-state index is 9.55. The molecule has 2 rings (SSSR count). The van der Waals surface area contributed by atoms with E-state index in [2.05, 4.69) is 11.4 Å². The average Bonchev–Trinajstić information content (AvgIpc) is 3.14. The number of hydrogen-bond donors (Lipinski definition) is 3. The number of thioether (sulfide) groups is 1. The molecule has 0 amide bonds. The van der Waals surface area contributed by atoms with Crippen molar-refractivity contribution in [1.29, 1.82) is 5.26 Å². The zero-order chi connectivity index (χ0) is 13.7. The minimum absolute atomic E-state index is 0.165. The molecule has 3 N–H and O–H groups in total. The molecule has 0 saturated heterocycles. The van der Waals surface area contributed by atoms with E-state index in [0.29, 0.717) is 17.7 Å². The molecule has 0 aromatic carbocycles. The Hall–Kier alpha value is -0.280. The third-order valence-electron chi connectivity index (χ3n) is 4.19. The van der Waals surface area contributed by atoms with Crippen LogP contribution in [0.15, 0.2) is 0 Å². The van der Waals surface area contributed by atoms with Crippen LogP contribution >= 0.6 is 11.8 Å². The first kappa shape index (κ1) is 15.1. The molecule has 0 heterocycles. The standard InChI is InChI=1S/C14H24N2O2S/c15-10-14(16-12-3-4-12)6-1-2-11(14)5-7-19-9-13(18)8-17/h11-13,16-18H,1-9H2. The summed E-state index contributed by atoms with van der Waals surface area (Å²) in [6, 6.07) is 3.12. The van der Waals surface area contributed by atoms with E-state index in [4.69, 9.17) is 5.11 Å². The lowest BCUT2D eigenvalue weighted by atomic mass is 9.86. The lowest BCUT2D eigenvalue weighted by molar-refractivity contribution is 0.113. The second kappa shape index (κ2) is 6.94. The summed E-state index contributed by atoms with van der Waals surface area (Å²) in [5.74, 6) is 1.98. The zero-order valence-electron chi connectivity index (χ0n) is 11.3. The normalized spacial score (nSPS) is 32.2. The average molecular weight is 284 g/mol. The molecule has 19 heavy (non-hydrogen) atoms. The maximum Gasteiger partial charge on any atom is 0.109 e. The van der Waals surface area contributed by atoms with E-state index in [0.717, 1.165) is 31.4 Å². The van der Waals surface area contributed by atoms with E-state index >= 15 is 0 Å². The van der Waals surface area contributed by atoms with Crippen molar-refractivity contribution in [2.75, 3.05) is 18.1 Å². The van der Waals surface area contributed by atoms with Gasteiger partial charge in [0.1, 0.15) is 5.54 Å². The molecule has 0 spiro atoms. The summed E-state index contributed by atoms with van der Waals surface area (Å²) in [6.45, 7) is -0.165. The lowest BCUT2D eigenvalue weighted by Crippen LogP contribution is -2.48. The van der Waals surface area contributed by atoms with E-state index in [-0.39, 0.29) is 12.1 Å². The Bertz CT molecular complexity index is 330. The third kappa shape index (κ3) is 4.09. The predicted molar refractivity (Wildman–Crippen MR) is 76.9 cm³/mol. The smallest absolute Gasteiger partial charge is 0.109 e. The Morgan fingerprint density at radius 1 is 1.42 bits per heavy atom. The minimum atomic E-state index is -0.612. The van der Waals surface area contributed by atoms with Gasteiger partial charge in [-0.25, -0.2) is 0 Å². The van der Waals surface area contributed by atoms with Crippen LogP contribution in [-0.2, 0) is 0 Å². The van der Waals surface area contributed by atoms with E-state index in [9.17, 15) is 10.4 Å². The van der Waals surface area contributed by atoms with Crippen LogP contribution in [0.1, 0.15) is 38.5 Å². The van der Waals surface area contributed by atoms with Gasteiger partial charge in [-0.15, -0.1) is 0 Å². The van der Waals surface area contributed by atoms with E-state index in [1.165, 1.54) is 12.8 Å².